The highest BCUT2D eigenvalue weighted by atomic mass is 16.8. The molecular weight excluding hydrogens is 106 g/mol. The Morgan fingerprint density at radius 2 is 2.88 bits per heavy atom. The fourth-order valence-corrected chi connectivity index (χ4v) is 0.567. The Hall–Kier alpha value is -0.570. The van der Waals surface area contributed by atoms with Crippen LogP contribution in [-0.2, 0) is 9.57 Å². The maximum absolute atomic E-state index is 5.06. The van der Waals surface area contributed by atoms with Crippen molar-refractivity contribution in [2.45, 2.75) is 19.6 Å². The summed E-state index contributed by atoms with van der Waals surface area (Å²) in [4.78, 5) is 4.74. The molecule has 0 aromatic carbocycles. The van der Waals surface area contributed by atoms with Gasteiger partial charge in [-0.15, -0.1) is 0 Å². The van der Waals surface area contributed by atoms with E-state index >= 15 is 0 Å². The summed E-state index contributed by atoms with van der Waals surface area (Å²) in [5.41, 5.74) is 0. The molecule has 0 amide bonds. The highest BCUT2D eigenvalue weighted by molar-refractivity contribution is 5.58. The SMILES string of the molecule is CCOC1CC=NO1. The molecule has 1 atom stereocenters. The third kappa shape index (κ3) is 1.20. The van der Waals surface area contributed by atoms with Gasteiger partial charge in [-0.1, -0.05) is 5.16 Å². The van der Waals surface area contributed by atoms with E-state index in [4.69, 9.17) is 9.57 Å². The van der Waals surface area contributed by atoms with Crippen LogP contribution in [0.1, 0.15) is 13.3 Å². The molecule has 0 aromatic heterocycles. The van der Waals surface area contributed by atoms with Crippen LogP contribution in [0.3, 0.4) is 0 Å². The first-order chi connectivity index (χ1) is 3.93. The lowest BCUT2D eigenvalue weighted by atomic mass is 10.5. The first-order valence-electron chi connectivity index (χ1n) is 2.72. The van der Waals surface area contributed by atoms with E-state index in [1.165, 1.54) is 0 Å². The van der Waals surface area contributed by atoms with Crippen molar-refractivity contribution in [3.8, 4) is 0 Å². The molecule has 0 aliphatic carbocycles. The van der Waals surface area contributed by atoms with Gasteiger partial charge >= 0.3 is 0 Å². The molecule has 0 saturated carbocycles. The monoisotopic (exact) mass is 115 g/mol. The van der Waals surface area contributed by atoms with E-state index in [0.29, 0.717) is 6.61 Å². The number of hydrogen-bond donors (Lipinski definition) is 0. The molecule has 0 N–H and O–H groups in total. The van der Waals surface area contributed by atoms with Gasteiger partial charge < -0.3 is 9.57 Å². The van der Waals surface area contributed by atoms with Gasteiger partial charge in [0.05, 0.1) is 12.6 Å². The Labute approximate surface area is 48.3 Å². The van der Waals surface area contributed by atoms with Gasteiger partial charge in [0.1, 0.15) is 0 Å². The van der Waals surface area contributed by atoms with Gasteiger partial charge in [0, 0.05) is 6.61 Å². The molecule has 1 aliphatic rings. The summed E-state index contributed by atoms with van der Waals surface area (Å²) in [6.45, 7) is 2.62. The normalized spacial score (nSPS) is 25.9. The molecule has 46 valence electrons. The van der Waals surface area contributed by atoms with Crippen LogP contribution in [0, 0.1) is 0 Å². The van der Waals surface area contributed by atoms with Crippen LogP contribution < -0.4 is 0 Å². The maximum Gasteiger partial charge on any atom is 0.231 e. The van der Waals surface area contributed by atoms with E-state index in [1.807, 2.05) is 6.92 Å². The average molecular weight is 115 g/mol. The number of hydrogen-bond acceptors (Lipinski definition) is 3. The Bertz CT molecular complexity index is 84.4. The van der Waals surface area contributed by atoms with Crippen molar-refractivity contribution >= 4 is 6.21 Å². The molecule has 0 bridgehead atoms. The van der Waals surface area contributed by atoms with Gasteiger partial charge in [0.15, 0.2) is 0 Å². The van der Waals surface area contributed by atoms with Crippen LogP contribution in [0.5, 0.6) is 0 Å². The third-order valence-corrected chi connectivity index (χ3v) is 0.903. The van der Waals surface area contributed by atoms with Crippen LogP contribution in [0.4, 0.5) is 0 Å². The summed E-state index contributed by atoms with van der Waals surface area (Å²) in [6.07, 6.45) is 2.38. The fraction of sp³-hybridized carbons (Fsp3) is 0.800. The van der Waals surface area contributed by atoms with Gasteiger partial charge in [0.2, 0.25) is 6.29 Å². The molecule has 3 nitrogen and oxygen atoms in total. The molecule has 3 heteroatoms. The highest BCUT2D eigenvalue weighted by Crippen LogP contribution is 2.04. The van der Waals surface area contributed by atoms with Crippen molar-refractivity contribution in [3.63, 3.8) is 0 Å². The van der Waals surface area contributed by atoms with Gasteiger partial charge in [0.25, 0.3) is 0 Å². The molecule has 1 aliphatic heterocycles. The van der Waals surface area contributed by atoms with Crippen molar-refractivity contribution < 1.29 is 9.57 Å². The summed E-state index contributed by atoms with van der Waals surface area (Å²) in [5.74, 6) is 0. The lowest BCUT2D eigenvalue weighted by molar-refractivity contribution is -0.120. The van der Waals surface area contributed by atoms with Crippen molar-refractivity contribution in [2.24, 2.45) is 5.16 Å². The van der Waals surface area contributed by atoms with Crippen molar-refractivity contribution in [3.05, 3.63) is 0 Å². The highest BCUT2D eigenvalue weighted by Gasteiger charge is 2.10. The van der Waals surface area contributed by atoms with E-state index < -0.39 is 0 Å². The molecule has 0 saturated heterocycles. The molecule has 0 aromatic rings. The van der Waals surface area contributed by atoms with Crippen LogP contribution in [0.15, 0.2) is 5.16 Å². The van der Waals surface area contributed by atoms with Gasteiger partial charge in [-0.3, -0.25) is 0 Å². The molecule has 8 heavy (non-hydrogen) atoms. The average Bonchev–Trinajstić information content (AvgIpc) is 2.19. The standard InChI is InChI=1S/C5H9NO2/c1-2-7-5-3-4-6-8-5/h4-5H,2-3H2,1H3. The molecule has 1 unspecified atom stereocenters. The molecule has 0 spiro atoms. The van der Waals surface area contributed by atoms with Crippen LogP contribution in [-0.4, -0.2) is 19.1 Å². The van der Waals surface area contributed by atoms with E-state index in [2.05, 4.69) is 5.16 Å². The van der Waals surface area contributed by atoms with Crippen LogP contribution in [0.2, 0.25) is 0 Å². The zero-order chi connectivity index (χ0) is 5.82. The second-order valence-corrected chi connectivity index (χ2v) is 1.51. The zero-order valence-electron chi connectivity index (χ0n) is 4.83. The molecule has 1 heterocycles. The minimum Gasteiger partial charge on any atom is -0.364 e. The van der Waals surface area contributed by atoms with Gasteiger partial charge in [-0.25, -0.2) is 0 Å². The second-order valence-electron chi connectivity index (χ2n) is 1.51. The van der Waals surface area contributed by atoms with Crippen LogP contribution >= 0.6 is 0 Å². The lowest BCUT2D eigenvalue weighted by Gasteiger charge is -2.05. The molecular formula is C5H9NO2. The number of oxime groups is 1. The van der Waals surface area contributed by atoms with E-state index in [1.54, 1.807) is 6.21 Å². The van der Waals surface area contributed by atoms with Crippen molar-refractivity contribution in [1.82, 2.24) is 0 Å². The first-order valence-corrected chi connectivity index (χ1v) is 2.72. The lowest BCUT2D eigenvalue weighted by Crippen LogP contribution is -2.09. The summed E-state index contributed by atoms with van der Waals surface area (Å²) >= 11 is 0. The number of rotatable bonds is 2. The Morgan fingerprint density at radius 3 is 3.38 bits per heavy atom. The quantitative estimate of drug-likeness (QED) is 0.531. The van der Waals surface area contributed by atoms with Gasteiger partial charge in [-0.2, -0.15) is 0 Å². The topological polar surface area (TPSA) is 30.8 Å². The molecule has 0 fully saturated rings. The predicted octanol–water partition coefficient (Wildman–Crippen LogP) is 0.755. The molecule has 1 rings (SSSR count). The van der Waals surface area contributed by atoms with Crippen LogP contribution in [0.25, 0.3) is 0 Å². The molecule has 0 radical (unpaired) electrons. The summed E-state index contributed by atoms with van der Waals surface area (Å²) < 4.78 is 5.06. The largest absolute Gasteiger partial charge is 0.364 e. The Morgan fingerprint density at radius 1 is 2.00 bits per heavy atom. The van der Waals surface area contributed by atoms with Crippen molar-refractivity contribution in [2.75, 3.05) is 6.61 Å². The van der Waals surface area contributed by atoms with E-state index in [-0.39, 0.29) is 6.29 Å². The summed E-state index contributed by atoms with van der Waals surface area (Å²) in [7, 11) is 0. The third-order valence-electron chi connectivity index (χ3n) is 0.903. The van der Waals surface area contributed by atoms with E-state index in [9.17, 15) is 0 Å². The summed E-state index contributed by atoms with van der Waals surface area (Å²) in [5, 5.41) is 3.53. The van der Waals surface area contributed by atoms with E-state index in [0.717, 1.165) is 6.42 Å². The summed E-state index contributed by atoms with van der Waals surface area (Å²) in [6, 6.07) is 0. The second kappa shape index (κ2) is 2.67. The number of nitrogens with zero attached hydrogens (tertiary/aromatic N) is 1. The fourth-order valence-electron chi connectivity index (χ4n) is 0.567. The first kappa shape index (κ1) is 5.56. The maximum atomic E-state index is 5.06. The van der Waals surface area contributed by atoms with Gasteiger partial charge in [-0.05, 0) is 6.92 Å². The number of ether oxygens (including phenoxy) is 1. The minimum atomic E-state index is -0.111. The van der Waals surface area contributed by atoms with Crippen molar-refractivity contribution in [1.29, 1.82) is 0 Å². The minimum absolute atomic E-state index is 0.111. The predicted molar refractivity (Wildman–Crippen MR) is 29.6 cm³/mol. The Balaban J connectivity index is 2.10. The Kier molecular flexibility index (Phi) is 1.86. The zero-order valence-corrected chi connectivity index (χ0v) is 4.83. The smallest absolute Gasteiger partial charge is 0.231 e.